The Morgan fingerprint density at radius 2 is 2.00 bits per heavy atom. The fourth-order valence-corrected chi connectivity index (χ4v) is 3.32. The molecule has 2 aliphatic heterocycles. The highest BCUT2D eigenvalue weighted by molar-refractivity contribution is 6.09. The van der Waals surface area contributed by atoms with Crippen LogP contribution in [0, 0.1) is 6.92 Å². The number of carbonyl (C=O) groups is 3. The molecular weight excluding hydrogens is 356 g/mol. The predicted molar refractivity (Wildman–Crippen MR) is 100 cm³/mol. The van der Waals surface area contributed by atoms with Gasteiger partial charge in [0.25, 0.3) is 5.91 Å². The summed E-state index contributed by atoms with van der Waals surface area (Å²) in [4.78, 5) is 38.3. The number of imide groups is 1. The van der Waals surface area contributed by atoms with E-state index in [1.54, 1.807) is 6.92 Å². The fourth-order valence-electron chi connectivity index (χ4n) is 3.32. The van der Waals surface area contributed by atoms with Crippen LogP contribution in [-0.2, 0) is 15.1 Å². The Balaban J connectivity index is 0.00000243. The zero-order valence-electron chi connectivity index (χ0n) is 15.0. The number of hydrogen-bond donors (Lipinski definition) is 3. The standard InChI is InChI=1S/C18H24N4O3.ClH/c1-12-5-7-13(8-6-12)18(2)16(24)22(17(25)21-18)11-15(23)20-14-4-3-9-19-10-14;/h5-8,14,19H,3-4,9-11H2,1-2H3,(H,20,23)(H,21,25);1H/t14-,18?;/m0./s1. The number of nitrogens with one attached hydrogen (secondary N) is 3. The van der Waals surface area contributed by atoms with Gasteiger partial charge >= 0.3 is 6.03 Å². The average Bonchev–Trinajstić information content (AvgIpc) is 2.80. The second-order valence-electron chi connectivity index (χ2n) is 6.92. The van der Waals surface area contributed by atoms with E-state index >= 15 is 0 Å². The maximum absolute atomic E-state index is 12.8. The lowest BCUT2D eigenvalue weighted by Crippen LogP contribution is -2.49. The lowest BCUT2D eigenvalue weighted by Gasteiger charge is -2.25. The Hall–Kier alpha value is -2.12. The normalized spacial score (nSPS) is 25.5. The largest absolute Gasteiger partial charge is 0.351 e. The first kappa shape index (κ1) is 20.2. The highest BCUT2D eigenvalue weighted by atomic mass is 35.5. The molecule has 3 rings (SSSR count). The SMILES string of the molecule is Cc1ccc(C2(C)NC(=O)N(CC(=O)N[C@H]3CCCNC3)C2=O)cc1.Cl. The maximum atomic E-state index is 12.8. The van der Waals surface area contributed by atoms with Crippen molar-refractivity contribution in [2.24, 2.45) is 0 Å². The van der Waals surface area contributed by atoms with Crippen LogP contribution in [0.5, 0.6) is 0 Å². The maximum Gasteiger partial charge on any atom is 0.325 e. The number of benzene rings is 1. The van der Waals surface area contributed by atoms with E-state index in [-0.39, 0.29) is 30.9 Å². The molecule has 8 heteroatoms. The lowest BCUT2D eigenvalue weighted by molar-refractivity contribution is -0.135. The van der Waals surface area contributed by atoms with Crippen molar-refractivity contribution in [1.29, 1.82) is 0 Å². The van der Waals surface area contributed by atoms with E-state index in [4.69, 9.17) is 0 Å². The molecule has 1 unspecified atom stereocenters. The minimum absolute atomic E-state index is 0. The molecule has 3 N–H and O–H groups in total. The molecule has 1 aromatic carbocycles. The van der Waals surface area contributed by atoms with E-state index in [2.05, 4.69) is 16.0 Å². The summed E-state index contributed by atoms with van der Waals surface area (Å²) in [6.07, 6.45) is 1.90. The Bertz CT molecular complexity index is 688. The van der Waals surface area contributed by atoms with E-state index in [0.29, 0.717) is 12.1 Å². The van der Waals surface area contributed by atoms with Crippen LogP contribution in [-0.4, -0.2) is 48.4 Å². The van der Waals surface area contributed by atoms with Gasteiger partial charge in [-0.05, 0) is 38.8 Å². The number of amides is 4. The average molecular weight is 381 g/mol. The molecule has 26 heavy (non-hydrogen) atoms. The van der Waals surface area contributed by atoms with E-state index in [1.165, 1.54) is 0 Å². The van der Waals surface area contributed by atoms with Crippen molar-refractivity contribution in [3.05, 3.63) is 35.4 Å². The molecular formula is C18H25ClN4O3. The van der Waals surface area contributed by atoms with E-state index < -0.39 is 17.5 Å². The van der Waals surface area contributed by atoms with Gasteiger partial charge in [0.05, 0.1) is 0 Å². The van der Waals surface area contributed by atoms with Gasteiger partial charge in [-0.3, -0.25) is 14.5 Å². The number of carbonyl (C=O) groups excluding carboxylic acids is 3. The number of piperidine rings is 1. The van der Waals surface area contributed by atoms with E-state index in [1.807, 2.05) is 31.2 Å². The molecule has 0 radical (unpaired) electrons. The second-order valence-corrected chi connectivity index (χ2v) is 6.92. The molecule has 2 fully saturated rings. The predicted octanol–water partition coefficient (Wildman–Crippen LogP) is 1.05. The van der Waals surface area contributed by atoms with Crippen LogP contribution in [0.2, 0.25) is 0 Å². The van der Waals surface area contributed by atoms with Gasteiger partial charge in [-0.2, -0.15) is 0 Å². The van der Waals surface area contributed by atoms with Crippen LogP contribution in [0.4, 0.5) is 4.79 Å². The Labute approximate surface area is 159 Å². The molecule has 7 nitrogen and oxygen atoms in total. The first-order chi connectivity index (χ1) is 11.9. The Kier molecular flexibility index (Phi) is 6.26. The van der Waals surface area contributed by atoms with Gasteiger partial charge in [-0.25, -0.2) is 4.79 Å². The zero-order valence-corrected chi connectivity index (χ0v) is 15.8. The molecule has 2 atom stereocenters. The molecule has 1 aromatic rings. The molecule has 2 heterocycles. The van der Waals surface area contributed by atoms with Crippen molar-refractivity contribution in [2.75, 3.05) is 19.6 Å². The first-order valence-electron chi connectivity index (χ1n) is 8.61. The summed E-state index contributed by atoms with van der Waals surface area (Å²) < 4.78 is 0. The van der Waals surface area contributed by atoms with Crippen molar-refractivity contribution in [3.8, 4) is 0 Å². The minimum Gasteiger partial charge on any atom is -0.351 e. The van der Waals surface area contributed by atoms with Crippen molar-refractivity contribution in [2.45, 2.75) is 38.3 Å². The van der Waals surface area contributed by atoms with Gasteiger partial charge in [-0.1, -0.05) is 29.8 Å². The second kappa shape index (κ2) is 8.05. The van der Waals surface area contributed by atoms with Gasteiger partial charge in [-0.15, -0.1) is 12.4 Å². The molecule has 2 saturated heterocycles. The Morgan fingerprint density at radius 1 is 1.31 bits per heavy atom. The van der Waals surface area contributed by atoms with Crippen LogP contribution in [0.1, 0.15) is 30.9 Å². The smallest absolute Gasteiger partial charge is 0.325 e. The molecule has 0 saturated carbocycles. The van der Waals surface area contributed by atoms with Crippen molar-refractivity contribution in [1.82, 2.24) is 20.9 Å². The van der Waals surface area contributed by atoms with Gasteiger partial charge in [0.15, 0.2) is 0 Å². The molecule has 142 valence electrons. The van der Waals surface area contributed by atoms with Crippen LogP contribution < -0.4 is 16.0 Å². The minimum atomic E-state index is -1.14. The van der Waals surface area contributed by atoms with Gasteiger partial charge in [0, 0.05) is 12.6 Å². The summed E-state index contributed by atoms with van der Waals surface area (Å²) in [6, 6.07) is 6.95. The summed E-state index contributed by atoms with van der Waals surface area (Å²) in [5, 5.41) is 8.82. The highest BCUT2D eigenvalue weighted by Gasteiger charge is 2.49. The lowest BCUT2D eigenvalue weighted by atomic mass is 9.91. The highest BCUT2D eigenvalue weighted by Crippen LogP contribution is 2.28. The van der Waals surface area contributed by atoms with Crippen molar-refractivity contribution < 1.29 is 14.4 Å². The van der Waals surface area contributed by atoms with Crippen LogP contribution in [0.3, 0.4) is 0 Å². The van der Waals surface area contributed by atoms with Crippen molar-refractivity contribution in [3.63, 3.8) is 0 Å². The quantitative estimate of drug-likeness (QED) is 0.681. The molecule has 0 bridgehead atoms. The van der Waals surface area contributed by atoms with Crippen molar-refractivity contribution >= 4 is 30.3 Å². The zero-order chi connectivity index (χ0) is 18.0. The van der Waals surface area contributed by atoms with E-state index in [9.17, 15) is 14.4 Å². The summed E-state index contributed by atoms with van der Waals surface area (Å²) >= 11 is 0. The van der Waals surface area contributed by atoms with Crippen LogP contribution in [0.25, 0.3) is 0 Å². The summed E-state index contributed by atoms with van der Waals surface area (Å²) in [5.41, 5.74) is 0.634. The number of nitrogens with zero attached hydrogens (tertiary/aromatic N) is 1. The van der Waals surface area contributed by atoms with Crippen LogP contribution >= 0.6 is 12.4 Å². The van der Waals surface area contributed by atoms with Gasteiger partial charge in [0.1, 0.15) is 12.1 Å². The topological polar surface area (TPSA) is 90.5 Å². The van der Waals surface area contributed by atoms with Gasteiger partial charge in [0.2, 0.25) is 5.91 Å². The molecule has 4 amide bonds. The van der Waals surface area contributed by atoms with Gasteiger partial charge < -0.3 is 16.0 Å². The third kappa shape index (κ3) is 3.99. The summed E-state index contributed by atoms with van der Waals surface area (Å²) in [7, 11) is 0. The molecule has 0 aliphatic carbocycles. The number of halogens is 1. The Morgan fingerprint density at radius 3 is 2.62 bits per heavy atom. The summed E-state index contributed by atoms with van der Waals surface area (Å²) in [6.45, 7) is 5.03. The number of hydrogen-bond acceptors (Lipinski definition) is 4. The third-order valence-electron chi connectivity index (χ3n) is 4.87. The monoisotopic (exact) mass is 380 g/mol. The summed E-state index contributed by atoms with van der Waals surface area (Å²) in [5.74, 6) is -0.719. The molecule has 0 spiro atoms. The molecule has 2 aliphatic rings. The number of aryl methyl sites for hydroxylation is 1. The third-order valence-corrected chi connectivity index (χ3v) is 4.87. The fraction of sp³-hybridized carbons (Fsp3) is 0.500. The van der Waals surface area contributed by atoms with Crippen LogP contribution in [0.15, 0.2) is 24.3 Å². The number of rotatable bonds is 4. The number of urea groups is 1. The van der Waals surface area contributed by atoms with E-state index in [0.717, 1.165) is 29.8 Å². The molecule has 0 aromatic heterocycles. The first-order valence-corrected chi connectivity index (χ1v) is 8.61.